The van der Waals surface area contributed by atoms with E-state index in [1.807, 2.05) is 17.0 Å². The normalized spacial score (nSPS) is 18.4. The number of guanidine groups is 1. The van der Waals surface area contributed by atoms with Crippen LogP contribution in [0.3, 0.4) is 0 Å². The van der Waals surface area contributed by atoms with Crippen LogP contribution in [0.25, 0.3) is 22.2 Å². The van der Waals surface area contributed by atoms with Gasteiger partial charge in [-0.05, 0) is 82.2 Å². The van der Waals surface area contributed by atoms with Crippen molar-refractivity contribution in [2.75, 3.05) is 6.54 Å². The molecular weight excluding hydrogens is 599 g/mol. The topological polar surface area (TPSA) is 139 Å². The molecule has 0 spiro atoms. The van der Waals surface area contributed by atoms with E-state index in [0.717, 1.165) is 41.5 Å². The molecule has 244 valence electrons. The predicted molar refractivity (Wildman–Crippen MR) is 168 cm³/mol. The zero-order valence-electron chi connectivity index (χ0n) is 26.2. The van der Waals surface area contributed by atoms with Gasteiger partial charge in [-0.15, -0.1) is 0 Å². The van der Waals surface area contributed by atoms with Crippen LogP contribution >= 0.6 is 0 Å². The van der Waals surface area contributed by atoms with Gasteiger partial charge < -0.3 is 25.0 Å². The van der Waals surface area contributed by atoms with Crippen molar-refractivity contribution in [1.29, 1.82) is 5.41 Å². The number of carbonyl (C=O) groups is 1. The second-order valence-electron chi connectivity index (χ2n) is 13.2. The highest BCUT2D eigenvalue weighted by Gasteiger charge is 2.38. The number of likely N-dealkylation sites (tertiary alicyclic amines) is 1. The summed E-state index contributed by atoms with van der Waals surface area (Å²) >= 11 is 0. The van der Waals surface area contributed by atoms with E-state index in [9.17, 15) is 13.2 Å². The molecular formula is C34H38F3N5O4. The van der Waals surface area contributed by atoms with Gasteiger partial charge in [0.15, 0.2) is 5.96 Å². The van der Waals surface area contributed by atoms with Crippen LogP contribution in [0.1, 0.15) is 82.0 Å². The Hall–Kier alpha value is -4.61. The molecule has 0 amide bonds. The van der Waals surface area contributed by atoms with E-state index >= 15 is 0 Å². The van der Waals surface area contributed by atoms with Crippen LogP contribution in [0.5, 0.6) is 5.75 Å². The van der Waals surface area contributed by atoms with Crippen molar-refractivity contribution in [3.63, 3.8) is 0 Å². The molecule has 9 nitrogen and oxygen atoms in total. The third-order valence-corrected chi connectivity index (χ3v) is 8.92. The summed E-state index contributed by atoms with van der Waals surface area (Å²) in [5.41, 5.74) is 11.1. The molecule has 2 heterocycles. The predicted octanol–water partition coefficient (Wildman–Crippen LogP) is 7.48. The minimum absolute atomic E-state index is 0.0420. The lowest BCUT2D eigenvalue weighted by atomic mass is 9.63. The highest BCUT2D eigenvalue weighted by molar-refractivity contribution is 5.87. The minimum atomic E-state index is -5.08. The first kappa shape index (κ1) is 32.8. The molecule has 1 aromatic heterocycles. The van der Waals surface area contributed by atoms with Crippen molar-refractivity contribution >= 4 is 22.7 Å². The van der Waals surface area contributed by atoms with Gasteiger partial charge in [-0.25, -0.2) is 4.79 Å². The Morgan fingerprint density at radius 3 is 2.37 bits per heavy atom. The molecule has 1 atom stereocenters. The Bertz CT molecular complexity index is 1770. The lowest BCUT2D eigenvalue weighted by Gasteiger charge is -2.42. The highest BCUT2D eigenvalue weighted by Crippen LogP contribution is 2.46. The zero-order chi connectivity index (χ0) is 33.4. The lowest BCUT2D eigenvalue weighted by Crippen LogP contribution is -2.35. The second-order valence-corrected chi connectivity index (χ2v) is 13.2. The summed E-state index contributed by atoms with van der Waals surface area (Å²) in [5.74, 6) is -0.815. The van der Waals surface area contributed by atoms with Crippen molar-refractivity contribution in [2.45, 2.75) is 83.0 Å². The SMILES string of the molecule is CC1(C)CCC(C)(C)c2cc(COc3ccc4cc(-c5noc([C@@H]6CCCN6C(=N)N)n5)ccc4c3)ccc21.O=C(O)C(F)(F)F. The fourth-order valence-corrected chi connectivity index (χ4v) is 6.14. The van der Waals surface area contributed by atoms with Gasteiger partial charge in [0.1, 0.15) is 18.4 Å². The van der Waals surface area contributed by atoms with Crippen molar-refractivity contribution in [3.05, 3.63) is 77.2 Å². The lowest BCUT2D eigenvalue weighted by molar-refractivity contribution is -0.192. The van der Waals surface area contributed by atoms with Gasteiger partial charge in [0.05, 0.1) is 0 Å². The van der Waals surface area contributed by atoms with Gasteiger partial charge in [-0.2, -0.15) is 18.2 Å². The highest BCUT2D eigenvalue weighted by atomic mass is 19.4. The average Bonchev–Trinajstić information content (AvgIpc) is 3.68. The fourth-order valence-electron chi connectivity index (χ4n) is 6.14. The molecule has 4 aromatic rings. The van der Waals surface area contributed by atoms with Gasteiger partial charge in [0.2, 0.25) is 11.7 Å². The Labute approximate surface area is 265 Å². The molecule has 6 rings (SSSR count). The van der Waals surface area contributed by atoms with Gasteiger partial charge >= 0.3 is 12.1 Å². The van der Waals surface area contributed by atoms with Gasteiger partial charge in [-0.1, -0.05) is 69.2 Å². The summed E-state index contributed by atoms with van der Waals surface area (Å²) in [6, 6.07) is 19.1. The second kappa shape index (κ2) is 12.3. The Balaban J connectivity index is 0.000000537. The van der Waals surface area contributed by atoms with Gasteiger partial charge in [-0.3, -0.25) is 5.41 Å². The van der Waals surface area contributed by atoms with Crippen molar-refractivity contribution in [1.82, 2.24) is 15.0 Å². The summed E-state index contributed by atoms with van der Waals surface area (Å²) in [4.78, 5) is 15.3. The van der Waals surface area contributed by atoms with Crippen LogP contribution in [-0.2, 0) is 22.2 Å². The van der Waals surface area contributed by atoms with E-state index in [-0.39, 0.29) is 22.8 Å². The number of aliphatic carboxylic acids is 1. The van der Waals surface area contributed by atoms with E-state index in [0.29, 0.717) is 18.3 Å². The van der Waals surface area contributed by atoms with Crippen LogP contribution in [0.15, 0.2) is 59.1 Å². The summed E-state index contributed by atoms with van der Waals surface area (Å²) in [6.07, 6.45) is -0.866. The molecule has 2 aliphatic rings. The van der Waals surface area contributed by atoms with E-state index in [2.05, 4.69) is 80.3 Å². The quantitative estimate of drug-likeness (QED) is 0.151. The number of hydrogen-bond acceptors (Lipinski definition) is 6. The van der Waals surface area contributed by atoms with Gasteiger partial charge in [0.25, 0.3) is 0 Å². The van der Waals surface area contributed by atoms with Crippen LogP contribution in [0.2, 0.25) is 0 Å². The first-order chi connectivity index (χ1) is 21.5. The Morgan fingerprint density at radius 2 is 1.70 bits per heavy atom. The third-order valence-electron chi connectivity index (χ3n) is 8.92. The third kappa shape index (κ3) is 6.95. The number of benzene rings is 3. The Kier molecular flexibility index (Phi) is 8.76. The number of aromatic nitrogens is 2. The summed E-state index contributed by atoms with van der Waals surface area (Å²) in [7, 11) is 0. The number of rotatable bonds is 5. The molecule has 0 bridgehead atoms. The number of nitrogens with zero attached hydrogens (tertiary/aromatic N) is 3. The van der Waals surface area contributed by atoms with Crippen molar-refractivity contribution in [3.8, 4) is 17.1 Å². The Morgan fingerprint density at radius 1 is 1.04 bits per heavy atom. The maximum absolute atomic E-state index is 10.6. The van der Waals surface area contributed by atoms with E-state index in [1.165, 1.54) is 29.5 Å². The minimum Gasteiger partial charge on any atom is -0.489 e. The maximum atomic E-state index is 10.6. The van der Waals surface area contributed by atoms with Crippen LogP contribution < -0.4 is 10.5 Å². The molecule has 46 heavy (non-hydrogen) atoms. The average molecular weight is 638 g/mol. The number of ether oxygens (including phenoxy) is 1. The monoisotopic (exact) mass is 637 g/mol. The number of carboxylic acid groups (broad SMARTS) is 1. The number of alkyl halides is 3. The number of hydrogen-bond donors (Lipinski definition) is 3. The molecule has 1 saturated heterocycles. The molecule has 0 radical (unpaired) electrons. The molecule has 4 N–H and O–H groups in total. The number of nitrogens with one attached hydrogen (secondary N) is 1. The fraction of sp³-hybridized carbons (Fsp3) is 0.412. The first-order valence-corrected chi connectivity index (χ1v) is 15.1. The molecule has 1 fully saturated rings. The van der Waals surface area contributed by atoms with E-state index < -0.39 is 12.1 Å². The number of carboxylic acids is 1. The smallest absolute Gasteiger partial charge is 0.489 e. The maximum Gasteiger partial charge on any atom is 0.490 e. The number of halogens is 3. The molecule has 0 unspecified atom stereocenters. The largest absolute Gasteiger partial charge is 0.490 e. The molecule has 12 heteroatoms. The summed E-state index contributed by atoms with van der Waals surface area (Å²) < 4.78 is 43.6. The van der Waals surface area contributed by atoms with Crippen LogP contribution in [0, 0.1) is 5.41 Å². The van der Waals surface area contributed by atoms with Gasteiger partial charge in [0, 0.05) is 12.1 Å². The molecule has 0 saturated carbocycles. The van der Waals surface area contributed by atoms with Crippen molar-refractivity contribution in [2.24, 2.45) is 5.73 Å². The number of fused-ring (bicyclic) bond motifs is 2. The first-order valence-electron chi connectivity index (χ1n) is 15.1. The summed E-state index contributed by atoms with van der Waals surface area (Å²) in [6.45, 7) is 10.7. The van der Waals surface area contributed by atoms with Crippen molar-refractivity contribution < 1.29 is 32.3 Å². The zero-order valence-corrected chi connectivity index (χ0v) is 26.2. The molecule has 3 aromatic carbocycles. The molecule has 1 aliphatic carbocycles. The van der Waals surface area contributed by atoms with E-state index in [4.69, 9.17) is 30.3 Å². The number of nitrogens with two attached hydrogens (primary N) is 1. The summed E-state index contributed by atoms with van der Waals surface area (Å²) in [5, 5.41) is 21.3. The standard InChI is InChI=1S/C32H37N5O2.C2HF3O2/c1-31(2)13-14-32(3,4)26-16-20(7-12-25(26)31)19-38-24-11-10-21-17-23(9-8-22(21)18-24)28-35-29(39-36-28)27-6-5-15-37(27)30(33)34;3-2(4,5)1(6)7/h7-12,16-18,27H,5-6,13-15,19H2,1-4H3,(H3,33,34);(H,6,7)/t27-;/m0./s1. The van der Waals surface area contributed by atoms with Crippen LogP contribution in [-0.4, -0.2) is 44.8 Å². The van der Waals surface area contributed by atoms with E-state index in [1.54, 1.807) is 0 Å². The molecule has 1 aliphatic heterocycles. The van der Waals surface area contributed by atoms with Crippen LogP contribution in [0.4, 0.5) is 13.2 Å².